The normalized spacial score (nSPS) is 12.6. The summed E-state index contributed by atoms with van der Waals surface area (Å²) >= 11 is 5.98. The van der Waals surface area contributed by atoms with Gasteiger partial charge in [0.15, 0.2) is 0 Å². The van der Waals surface area contributed by atoms with E-state index in [1.807, 2.05) is 25.1 Å². The Morgan fingerprint density at radius 3 is 2.75 bits per heavy atom. The minimum Gasteiger partial charge on any atom is -0.321 e. The zero-order valence-corrected chi connectivity index (χ0v) is 7.81. The summed E-state index contributed by atoms with van der Waals surface area (Å²) in [7, 11) is 0. The van der Waals surface area contributed by atoms with Gasteiger partial charge in [0.2, 0.25) is 0 Å². The Bertz CT molecular complexity index is 294. The fourth-order valence-corrected chi connectivity index (χ4v) is 1.39. The third-order valence-corrected chi connectivity index (χ3v) is 2.10. The van der Waals surface area contributed by atoms with Crippen LogP contribution in [0.4, 0.5) is 0 Å². The average molecular weight is 182 g/mol. The lowest BCUT2D eigenvalue weighted by molar-refractivity contribution is 0.914. The molecule has 1 unspecified atom stereocenters. The first-order chi connectivity index (χ1) is 5.65. The SMILES string of the molecule is C=CC(N)c1ccc(C)cc1Cl. The van der Waals surface area contributed by atoms with Crippen LogP contribution < -0.4 is 5.73 Å². The Kier molecular flexibility index (Phi) is 2.90. The molecule has 0 aliphatic rings. The van der Waals surface area contributed by atoms with Gasteiger partial charge in [-0.3, -0.25) is 0 Å². The summed E-state index contributed by atoms with van der Waals surface area (Å²) < 4.78 is 0. The van der Waals surface area contributed by atoms with E-state index in [1.54, 1.807) is 6.08 Å². The predicted molar refractivity (Wildman–Crippen MR) is 53.3 cm³/mol. The van der Waals surface area contributed by atoms with Crippen molar-refractivity contribution in [3.05, 3.63) is 47.0 Å². The quantitative estimate of drug-likeness (QED) is 0.698. The van der Waals surface area contributed by atoms with Crippen LogP contribution in [0.3, 0.4) is 0 Å². The van der Waals surface area contributed by atoms with Gasteiger partial charge in [-0.25, -0.2) is 0 Å². The Morgan fingerprint density at radius 1 is 1.58 bits per heavy atom. The Balaban J connectivity index is 3.09. The first-order valence-electron chi connectivity index (χ1n) is 3.79. The predicted octanol–water partition coefficient (Wildman–Crippen LogP) is 2.83. The van der Waals surface area contributed by atoms with E-state index in [4.69, 9.17) is 17.3 Å². The lowest BCUT2D eigenvalue weighted by Crippen LogP contribution is -2.06. The number of hydrogen-bond donors (Lipinski definition) is 1. The third-order valence-electron chi connectivity index (χ3n) is 1.77. The van der Waals surface area contributed by atoms with E-state index in [1.165, 1.54) is 0 Å². The maximum Gasteiger partial charge on any atom is 0.0493 e. The van der Waals surface area contributed by atoms with E-state index in [2.05, 4.69) is 6.58 Å². The summed E-state index contributed by atoms with van der Waals surface area (Å²) in [6.07, 6.45) is 1.68. The van der Waals surface area contributed by atoms with Crippen molar-refractivity contribution in [1.82, 2.24) is 0 Å². The molecule has 0 heterocycles. The van der Waals surface area contributed by atoms with Crippen molar-refractivity contribution in [3.8, 4) is 0 Å². The fraction of sp³-hybridized carbons (Fsp3) is 0.200. The molecule has 0 amide bonds. The lowest BCUT2D eigenvalue weighted by Gasteiger charge is -2.08. The second-order valence-electron chi connectivity index (χ2n) is 2.79. The van der Waals surface area contributed by atoms with Crippen LogP contribution in [-0.2, 0) is 0 Å². The smallest absolute Gasteiger partial charge is 0.0493 e. The van der Waals surface area contributed by atoms with Gasteiger partial charge in [0, 0.05) is 11.1 Å². The second-order valence-corrected chi connectivity index (χ2v) is 3.19. The van der Waals surface area contributed by atoms with Gasteiger partial charge >= 0.3 is 0 Å². The van der Waals surface area contributed by atoms with Crippen molar-refractivity contribution in [2.45, 2.75) is 13.0 Å². The molecule has 0 spiro atoms. The van der Waals surface area contributed by atoms with Crippen molar-refractivity contribution < 1.29 is 0 Å². The van der Waals surface area contributed by atoms with Gasteiger partial charge < -0.3 is 5.73 Å². The molecule has 12 heavy (non-hydrogen) atoms. The van der Waals surface area contributed by atoms with Gasteiger partial charge in [-0.15, -0.1) is 6.58 Å². The van der Waals surface area contributed by atoms with E-state index in [9.17, 15) is 0 Å². The van der Waals surface area contributed by atoms with Crippen molar-refractivity contribution in [1.29, 1.82) is 0 Å². The van der Waals surface area contributed by atoms with Gasteiger partial charge in [-0.2, -0.15) is 0 Å². The summed E-state index contributed by atoms with van der Waals surface area (Å²) in [5.74, 6) is 0. The van der Waals surface area contributed by atoms with E-state index < -0.39 is 0 Å². The van der Waals surface area contributed by atoms with Gasteiger partial charge in [-0.1, -0.05) is 29.8 Å². The number of aryl methyl sites for hydroxylation is 1. The number of halogens is 1. The Hall–Kier alpha value is -0.790. The van der Waals surface area contributed by atoms with Gasteiger partial charge in [0.1, 0.15) is 0 Å². The highest BCUT2D eigenvalue weighted by Crippen LogP contribution is 2.22. The standard InChI is InChI=1S/C10H12ClN/c1-3-10(12)8-5-4-7(2)6-9(8)11/h3-6,10H,1,12H2,2H3. The molecule has 0 saturated heterocycles. The number of hydrogen-bond acceptors (Lipinski definition) is 1. The molecule has 0 aromatic heterocycles. The molecule has 2 N–H and O–H groups in total. The van der Waals surface area contributed by atoms with Crippen LogP contribution in [0.5, 0.6) is 0 Å². The van der Waals surface area contributed by atoms with Gasteiger partial charge in [-0.05, 0) is 24.1 Å². The van der Waals surface area contributed by atoms with Crippen molar-refractivity contribution >= 4 is 11.6 Å². The topological polar surface area (TPSA) is 26.0 Å². The summed E-state index contributed by atoms with van der Waals surface area (Å²) in [5, 5.41) is 0.711. The van der Waals surface area contributed by atoms with Gasteiger partial charge in [0.05, 0.1) is 0 Å². The monoisotopic (exact) mass is 181 g/mol. The lowest BCUT2D eigenvalue weighted by atomic mass is 10.1. The molecular weight excluding hydrogens is 170 g/mol. The number of benzene rings is 1. The van der Waals surface area contributed by atoms with Crippen LogP contribution in [-0.4, -0.2) is 0 Å². The van der Waals surface area contributed by atoms with Crippen LogP contribution in [0.1, 0.15) is 17.2 Å². The van der Waals surface area contributed by atoms with Crippen molar-refractivity contribution in [2.24, 2.45) is 5.73 Å². The fourth-order valence-electron chi connectivity index (χ4n) is 1.03. The van der Waals surface area contributed by atoms with E-state index in [0.717, 1.165) is 11.1 Å². The number of nitrogens with two attached hydrogens (primary N) is 1. The Morgan fingerprint density at radius 2 is 2.25 bits per heavy atom. The Labute approximate surface area is 77.8 Å². The highest BCUT2D eigenvalue weighted by Gasteiger charge is 2.05. The van der Waals surface area contributed by atoms with E-state index in [0.29, 0.717) is 5.02 Å². The molecule has 0 aliphatic heterocycles. The minimum absolute atomic E-state index is 0.168. The zero-order valence-electron chi connectivity index (χ0n) is 7.05. The average Bonchev–Trinajstić information content (AvgIpc) is 2.03. The molecule has 1 atom stereocenters. The molecule has 0 radical (unpaired) electrons. The largest absolute Gasteiger partial charge is 0.321 e. The molecular formula is C10H12ClN. The van der Waals surface area contributed by atoms with Crippen LogP contribution >= 0.6 is 11.6 Å². The molecule has 0 bridgehead atoms. The first-order valence-corrected chi connectivity index (χ1v) is 4.17. The van der Waals surface area contributed by atoms with Gasteiger partial charge in [0.25, 0.3) is 0 Å². The molecule has 2 heteroatoms. The van der Waals surface area contributed by atoms with Crippen LogP contribution in [0, 0.1) is 6.92 Å². The van der Waals surface area contributed by atoms with Crippen molar-refractivity contribution in [3.63, 3.8) is 0 Å². The first kappa shape index (κ1) is 9.30. The summed E-state index contributed by atoms with van der Waals surface area (Å²) in [6, 6.07) is 5.66. The summed E-state index contributed by atoms with van der Waals surface area (Å²) in [5.41, 5.74) is 7.81. The highest BCUT2D eigenvalue weighted by molar-refractivity contribution is 6.31. The maximum atomic E-state index is 5.98. The van der Waals surface area contributed by atoms with E-state index in [-0.39, 0.29) is 6.04 Å². The van der Waals surface area contributed by atoms with Crippen LogP contribution in [0.15, 0.2) is 30.9 Å². The second kappa shape index (κ2) is 3.74. The van der Waals surface area contributed by atoms with Crippen LogP contribution in [0.2, 0.25) is 5.02 Å². The third kappa shape index (κ3) is 1.87. The summed E-state index contributed by atoms with van der Waals surface area (Å²) in [4.78, 5) is 0. The molecule has 1 nitrogen and oxygen atoms in total. The van der Waals surface area contributed by atoms with Crippen molar-refractivity contribution in [2.75, 3.05) is 0 Å². The molecule has 1 aromatic carbocycles. The zero-order chi connectivity index (χ0) is 9.14. The minimum atomic E-state index is -0.168. The molecule has 64 valence electrons. The molecule has 0 aliphatic carbocycles. The van der Waals surface area contributed by atoms with Crippen LogP contribution in [0.25, 0.3) is 0 Å². The highest BCUT2D eigenvalue weighted by atomic mass is 35.5. The molecule has 1 rings (SSSR count). The summed E-state index contributed by atoms with van der Waals surface area (Å²) in [6.45, 7) is 5.61. The maximum absolute atomic E-state index is 5.98. The molecule has 1 aromatic rings. The molecule has 0 fully saturated rings. The van der Waals surface area contributed by atoms with E-state index >= 15 is 0 Å². The number of rotatable bonds is 2. The molecule has 0 saturated carbocycles.